The van der Waals surface area contributed by atoms with E-state index in [4.69, 9.17) is 0 Å². The quantitative estimate of drug-likeness (QED) is 0.386. The molecule has 1 saturated carbocycles. The van der Waals surface area contributed by atoms with Gasteiger partial charge in [-0.2, -0.15) is 13.2 Å². The van der Waals surface area contributed by atoms with E-state index in [1.54, 1.807) is 6.92 Å². The van der Waals surface area contributed by atoms with E-state index in [1.807, 2.05) is 47.4 Å². The maximum Gasteiger partial charge on any atom is 0.416 e. The lowest BCUT2D eigenvalue weighted by Crippen LogP contribution is -2.42. The summed E-state index contributed by atoms with van der Waals surface area (Å²) >= 11 is 0. The number of amides is 1. The van der Waals surface area contributed by atoms with Gasteiger partial charge in [0.2, 0.25) is 0 Å². The fourth-order valence-electron chi connectivity index (χ4n) is 5.22. The summed E-state index contributed by atoms with van der Waals surface area (Å²) in [7, 11) is 0. The number of carboxylic acid groups (broad SMARTS) is 1. The molecule has 0 aromatic heterocycles. The van der Waals surface area contributed by atoms with Gasteiger partial charge >= 0.3 is 12.1 Å². The van der Waals surface area contributed by atoms with Crippen molar-refractivity contribution in [2.75, 3.05) is 5.32 Å². The normalized spacial score (nSPS) is 21.6. The van der Waals surface area contributed by atoms with Crippen LogP contribution in [0.2, 0.25) is 0 Å². The molecule has 0 bridgehead atoms. The minimum atomic E-state index is -4.37. The first-order valence-corrected chi connectivity index (χ1v) is 12.3. The topological polar surface area (TPSA) is 69.6 Å². The second-order valence-electron chi connectivity index (χ2n) is 10.2. The van der Waals surface area contributed by atoms with Crippen LogP contribution < -0.4 is 5.32 Å². The van der Waals surface area contributed by atoms with E-state index in [0.717, 1.165) is 34.5 Å². The fraction of sp³-hybridized carbons (Fsp3) is 0.310. The number of carbonyl (C=O) groups is 2. The van der Waals surface area contributed by atoms with Crippen LogP contribution in [-0.4, -0.2) is 27.9 Å². The molecule has 2 aliphatic rings. The number of benzene rings is 3. The standard InChI is InChI=1S/C29H27F3N2O3/c1-28(27(36)37)14-12-24(13-15-28)34-17-20-3-2-19(16-25(20)26(34)35)18-4-8-22(9-5-18)33-23-10-6-21(7-11-23)29(30,31)32/h2-11,16,24,33H,12-15,17H2,1H3,(H,36,37). The summed E-state index contributed by atoms with van der Waals surface area (Å²) in [5.41, 5.74) is 3.34. The molecule has 8 heteroatoms. The Morgan fingerprint density at radius 2 is 1.51 bits per heavy atom. The number of carbonyl (C=O) groups excluding carboxylic acids is 1. The molecule has 192 valence electrons. The van der Waals surface area contributed by atoms with Gasteiger partial charge in [-0.15, -0.1) is 0 Å². The molecule has 5 nitrogen and oxygen atoms in total. The van der Waals surface area contributed by atoms with Crippen LogP contribution in [0, 0.1) is 5.41 Å². The molecule has 37 heavy (non-hydrogen) atoms. The Hall–Kier alpha value is -3.81. The van der Waals surface area contributed by atoms with Crippen molar-refractivity contribution < 1.29 is 27.9 Å². The summed E-state index contributed by atoms with van der Waals surface area (Å²) in [5.74, 6) is -0.784. The highest BCUT2D eigenvalue weighted by Gasteiger charge is 2.41. The summed E-state index contributed by atoms with van der Waals surface area (Å²) < 4.78 is 38.3. The molecule has 1 aliphatic carbocycles. The third kappa shape index (κ3) is 4.92. The molecular weight excluding hydrogens is 481 g/mol. The average Bonchev–Trinajstić information content (AvgIpc) is 3.20. The zero-order valence-electron chi connectivity index (χ0n) is 20.3. The molecule has 1 aliphatic heterocycles. The van der Waals surface area contributed by atoms with E-state index in [-0.39, 0.29) is 11.9 Å². The van der Waals surface area contributed by atoms with Gasteiger partial charge in [0.25, 0.3) is 5.91 Å². The van der Waals surface area contributed by atoms with E-state index in [0.29, 0.717) is 43.5 Å². The predicted molar refractivity (Wildman–Crippen MR) is 134 cm³/mol. The third-order valence-corrected chi connectivity index (χ3v) is 7.68. The van der Waals surface area contributed by atoms with Crippen LogP contribution in [0.4, 0.5) is 24.5 Å². The van der Waals surface area contributed by atoms with Gasteiger partial charge in [-0.25, -0.2) is 0 Å². The molecule has 1 amide bonds. The van der Waals surface area contributed by atoms with Gasteiger partial charge in [-0.3, -0.25) is 9.59 Å². The van der Waals surface area contributed by atoms with Crippen LogP contribution in [0.5, 0.6) is 0 Å². The predicted octanol–water partition coefficient (Wildman–Crippen LogP) is 7.11. The summed E-state index contributed by atoms with van der Waals surface area (Å²) in [4.78, 5) is 26.7. The number of halogens is 3. The van der Waals surface area contributed by atoms with Crippen molar-refractivity contribution in [2.45, 2.75) is 51.4 Å². The van der Waals surface area contributed by atoms with Gasteiger partial charge in [-0.1, -0.05) is 24.3 Å². The van der Waals surface area contributed by atoms with Gasteiger partial charge in [-0.05, 0) is 91.8 Å². The Balaban J connectivity index is 1.26. The molecular formula is C29H27F3N2O3. The fourth-order valence-corrected chi connectivity index (χ4v) is 5.22. The second kappa shape index (κ2) is 9.25. The van der Waals surface area contributed by atoms with Crippen LogP contribution in [0.25, 0.3) is 11.1 Å². The van der Waals surface area contributed by atoms with E-state index in [2.05, 4.69) is 5.32 Å². The van der Waals surface area contributed by atoms with Gasteiger partial charge in [0, 0.05) is 29.5 Å². The maximum absolute atomic E-state index is 13.2. The highest BCUT2D eigenvalue weighted by molar-refractivity contribution is 5.99. The first-order chi connectivity index (χ1) is 17.5. The van der Waals surface area contributed by atoms with Crippen LogP contribution in [0.15, 0.2) is 66.7 Å². The van der Waals surface area contributed by atoms with Crippen LogP contribution >= 0.6 is 0 Å². The van der Waals surface area contributed by atoms with Crippen molar-refractivity contribution in [1.29, 1.82) is 0 Å². The molecule has 1 heterocycles. The van der Waals surface area contributed by atoms with Crippen LogP contribution in [-0.2, 0) is 17.5 Å². The lowest BCUT2D eigenvalue weighted by atomic mass is 9.73. The van der Waals surface area contributed by atoms with E-state index >= 15 is 0 Å². The summed E-state index contributed by atoms with van der Waals surface area (Å²) in [5, 5.41) is 12.6. The number of fused-ring (bicyclic) bond motifs is 1. The van der Waals surface area contributed by atoms with Crippen molar-refractivity contribution in [1.82, 2.24) is 4.90 Å². The highest BCUT2D eigenvalue weighted by atomic mass is 19.4. The van der Waals surface area contributed by atoms with Gasteiger partial charge < -0.3 is 15.3 Å². The molecule has 3 aromatic carbocycles. The van der Waals surface area contributed by atoms with Crippen molar-refractivity contribution in [3.05, 3.63) is 83.4 Å². The number of rotatable bonds is 5. The molecule has 3 aromatic rings. The number of aliphatic carboxylic acids is 1. The third-order valence-electron chi connectivity index (χ3n) is 7.68. The number of carboxylic acids is 1. The molecule has 2 N–H and O–H groups in total. The number of nitrogens with zero attached hydrogens (tertiary/aromatic N) is 1. The summed E-state index contributed by atoms with van der Waals surface area (Å²) in [6.45, 7) is 2.32. The van der Waals surface area contributed by atoms with Crippen molar-refractivity contribution in [3.63, 3.8) is 0 Å². The van der Waals surface area contributed by atoms with Crippen molar-refractivity contribution in [2.24, 2.45) is 5.41 Å². The van der Waals surface area contributed by atoms with Crippen molar-refractivity contribution >= 4 is 23.3 Å². The van der Waals surface area contributed by atoms with Crippen LogP contribution in [0.3, 0.4) is 0 Å². The van der Waals surface area contributed by atoms with Crippen molar-refractivity contribution in [3.8, 4) is 11.1 Å². The number of hydrogen-bond acceptors (Lipinski definition) is 3. The number of alkyl halides is 3. The Bertz CT molecular complexity index is 1330. The maximum atomic E-state index is 13.2. The zero-order chi connectivity index (χ0) is 26.4. The first-order valence-electron chi connectivity index (χ1n) is 12.3. The Morgan fingerprint density at radius 3 is 2.08 bits per heavy atom. The average molecular weight is 509 g/mol. The van der Waals surface area contributed by atoms with E-state index < -0.39 is 23.1 Å². The SMILES string of the molecule is CC1(C(=O)O)CCC(N2Cc3ccc(-c4ccc(Nc5ccc(C(F)(F)F)cc5)cc4)cc3C2=O)CC1. The minimum Gasteiger partial charge on any atom is -0.481 e. The van der Waals surface area contributed by atoms with E-state index in [9.17, 15) is 27.9 Å². The van der Waals surface area contributed by atoms with Gasteiger partial charge in [0.15, 0.2) is 0 Å². The van der Waals surface area contributed by atoms with E-state index in [1.165, 1.54) is 12.1 Å². The lowest BCUT2D eigenvalue weighted by molar-refractivity contribution is -0.150. The molecule has 0 atom stereocenters. The molecule has 0 radical (unpaired) electrons. The number of hydrogen-bond donors (Lipinski definition) is 2. The Kier molecular flexibility index (Phi) is 6.22. The largest absolute Gasteiger partial charge is 0.481 e. The van der Waals surface area contributed by atoms with Gasteiger partial charge in [0.1, 0.15) is 0 Å². The smallest absolute Gasteiger partial charge is 0.416 e. The Morgan fingerprint density at radius 1 is 0.946 bits per heavy atom. The molecule has 0 saturated heterocycles. The zero-order valence-corrected chi connectivity index (χ0v) is 20.3. The second-order valence-corrected chi connectivity index (χ2v) is 10.2. The molecule has 0 spiro atoms. The molecule has 0 unspecified atom stereocenters. The summed E-state index contributed by atoms with van der Waals surface area (Å²) in [6.07, 6.45) is -1.88. The molecule has 5 rings (SSSR count). The van der Waals surface area contributed by atoms with Gasteiger partial charge in [0.05, 0.1) is 11.0 Å². The lowest BCUT2D eigenvalue weighted by Gasteiger charge is -2.38. The Labute approximate surface area is 212 Å². The number of nitrogens with one attached hydrogen (secondary N) is 1. The minimum absolute atomic E-state index is 0.0126. The summed E-state index contributed by atoms with van der Waals surface area (Å²) in [6, 6.07) is 18.3. The molecule has 1 fully saturated rings. The number of anilines is 2. The first kappa shape index (κ1) is 24.9. The monoisotopic (exact) mass is 508 g/mol. The van der Waals surface area contributed by atoms with Crippen LogP contribution in [0.1, 0.15) is 54.1 Å². The highest BCUT2D eigenvalue weighted by Crippen LogP contribution is 2.40.